The van der Waals surface area contributed by atoms with Crippen LogP contribution in [0.2, 0.25) is 0 Å². The summed E-state index contributed by atoms with van der Waals surface area (Å²) in [6.45, 7) is 0. The van der Waals surface area contributed by atoms with Crippen molar-refractivity contribution in [1.82, 2.24) is 0 Å². The lowest BCUT2D eigenvalue weighted by Crippen LogP contribution is -2.17. The Morgan fingerprint density at radius 1 is 1.06 bits per heavy atom. The number of hydrogen-bond donors (Lipinski definition) is 1. The van der Waals surface area contributed by atoms with Crippen molar-refractivity contribution in [2.75, 3.05) is 0 Å². The van der Waals surface area contributed by atoms with Crippen molar-refractivity contribution in [3.8, 4) is 5.75 Å². The largest absolute Gasteiger partial charge is 0.504 e. The van der Waals surface area contributed by atoms with Crippen LogP contribution in [0.1, 0.15) is 22.3 Å². The van der Waals surface area contributed by atoms with Gasteiger partial charge in [0.25, 0.3) is 0 Å². The minimum Gasteiger partial charge on any atom is -0.504 e. The van der Waals surface area contributed by atoms with Crippen LogP contribution >= 0.6 is 0 Å². The van der Waals surface area contributed by atoms with Crippen LogP contribution in [0.3, 0.4) is 0 Å². The first-order valence-corrected chi connectivity index (χ1v) is 5.15. The highest BCUT2D eigenvalue weighted by atomic mass is 16.4. The normalized spacial score (nSPS) is 13.0. The van der Waals surface area contributed by atoms with Crippen LogP contribution in [-0.4, -0.2) is 5.11 Å². The van der Waals surface area contributed by atoms with Crippen molar-refractivity contribution in [3.05, 3.63) is 63.2 Å². The van der Waals surface area contributed by atoms with Gasteiger partial charge in [-0.05, 0) is 11.1 Å². The summed E-state index contributed by atoms with van der Waals surface area (Å²) < 4.78 is 4.77. The summed E-state index contributed by atoms with van der Waals surface area (Å²) in [4.78, 5) is 11.5. The highest BCUT2D eigenvalue weighted by molar-refractivity contribution is 5.48. The predicted molar refractivity (Wildman–Crippen MR) is 58.7 cm³/mol. The van der Waals surface area contributed by atoms with E-state index in [4.69, 9.17) is 4.42 Å². The molecule has 0 radical (unpaired) electrons. The molecule has 0 spiro atoms. The Hall–Kier alpha value is -2.03. The van der Waals surface area contributed by atoms with Crippen LogP contribution < -0.4 is 5.63 Å². The second kappa shape index (κ2) is 3.23. The third kappa shape index (κ3) is 1.25. The third-order valence-electron chi connectivity index (χ3n) is 3.05. The molecular formula is C13H10O3. The Labute approximate surface area is 92.0 Å². The van der Waals surface area contributed by atoms with Gasteiger partial charge in [0.15, 0.2) is 5.75 Å². The molecule has 1 aliphatic carbocycles. The molecule has 3 rings (SSSR count). The van der Waals surface area contributed by atoms with Gasteiger partial charge in [-0.2, -0.15) is 0 Å². The Balaban J connectivity index is 2.23. The maximum absolute atomic E-state index is 11.5. The third-order valence-corrected chi connectivity index (χ3v) is 3.05. The van der Waals surface area contributed by atoms with E-state index in [-0.39, 0.29) is 11.4 Å². The maximum Gasteiger partial charge on any atom is 0.339 e. The number of aromatic hydroxyl groups is 1. The van der Waals surface area contributed by atoms with Gasteiger partial charge >= 0.3 is 5.63 Å². The SMILES string of the molecule is O=c1occ(O)c2c1Cc1ccccc1C2. The zero-order valence-corrected chi connectivity index (χ0v) is 8.56. The molecule has 2 aromatic rings. The molecule has 1 aromatic carbocycles. The quantitative estimate of drug-likeness (QED) is 0.621. The van der Waals surface area contributed by atoms with Crippen LogP contribution in [-0.2, 0) is 12.8 Å². The fourth-order valence-electron chi connectivity index (χ4n) is 2.19. The summed E-state index contributed by atoms with van der Waals surface area (Å²) in [5.74, 6) is 0.0732. The molecule has 80 valence electrons. The van der Waals surface area contributed by atoms with E-state index in [1.165, 1.54) is 0 Å². The molecule has 3 heteroatoms. The molecule has 0 unspecified atom stereocenters. The molecule has 0 fully saturated rings. The fourth-order valence-corrected chi connectivity index (χ4v) is 2.19. The van der Waals surface area contributed by atoms with E-state index in [0.29, 0.717) is 24.0 Å². The fraction of sp³-hybridized carbons (Fsp3) is 0.154. The van der Waals surface area contributed by atoms with Gasteiger partial charge in [0.1, 0.15) is 6.26 Å². The number of hydrogen-bond acceptors (Lipinski definition) is 3. The first-order chi connectivity index (χ1) is 7.75. The lowest BCUT2D eigenvalue weighted by molar-refractivity contribution is 0.412. The van der Waals surface area contributed by atoms with Gasteiger partial charge in [0.2, 0.25) is 0 Å². The van der Waals surface area contributed by atoms with Gasteiger partial charge in [-0.15, -0.1) is 0 Å². The monoisotopic (exact) mass is 214 g/mol. The summed E-state index contributed by atoms with van der Waals surface area (Å²) in [5.41, 5.74) is 3.24. The predicted octanol–water partition coefficient (Wildman–Crippen LogP) is 1.84. The van der Waals surface area contributed by atoms with Crippen LogP contribution in [0.4, 0.5) is 0 Å². The highest BCUT2D eigenvalue weighted by Crippen LogP contribution is 2.30. The zero-order chi connectivity index (χ0) is 11.1. The van der Waals surface area contributed by atoms with Gasteiger partial charge in [0.05, 0.1) is 0 Å². The topological polar surface area (TPSA) is 50.4 Å². The van der Waals surface area contributed by atoms with E-state index in [2.05, 4.69) is 0 Å². The molecule has 0 saturated heterocycles. The van der Waals surface area contributed by atoms with Crippen molar-refractivity contribution >= 4 is 0 Å². The Kier molecular flexibility index (Phi) is 1.86. The average Bonchev–Trinajstić information content (AvgIpc) is 2.32. The number of benzene rings is 1. The minimum absolute atomic E-state index is 0.0732. The van der Waals surface area contributed by atoms with Gasteiger partial charge in [0, 0.05) is 24.0 Å². The molecule has 3 nitrogen and oxygen atoms in total. The molecule has 1 aliphatic rings. The first kappa shape index (κ1) is 9.21. The minimum atomic E-state index is -0.345. The van der Waals surface area contributed by atoms with E-state index in [1.807, 2.05) is 24.3 Å². The lowest BCUT2D eigenvalue weighted by atomic mass is 9.87. The van der Waals surface area contributed by atoms with E-state index >= 15 is 0 Å². The van der Waals surface area contributed by atoms with Gasteiger partial charge < -0.3 is 9.52 Å². The average molecular weight is 214 g/mol. The van der Waals surface area contributed by atoms with Crippen LogP contribution in [0.5, 0.6) is 5.75 Å². The molecule has 0 amide bonds. The Morgan fingerprint density at radius 3 is 2.38 bits per heavy atom. The summed E-state index contributed by atoms with van der Waals surface area (Å²) in [5, 5.41) is 9.67. The maximum atomic E-state index is 11.5. The molecular weight excluding hydrogens is 204 g/mol. The smallest absolute Gasteiger partial charge is 0.339 e. The second-order valence-corrected chi connectivity index (χ2v) is 3.99. The van der Waals surface area contributed by atoms with Crippen LogP contribution in [0.25, 0.3) is 0 Å². The summed E-state index contributed by atoms with van der Waals surface area (Å²) in [6, 6.07) is 7.94. The number of fused-ring (bicyclic) bond motifs is 2. The molecule has 0 saturated carbocycles. The molecule has 1 heterocycles. The Bertz CT molecular complexity index is 611. The molecule has 1 aromatic heterocycles. The lowest BCUT2D eigenvalue weighted by Gasteiger charge is -2.18. The summed E-state index contributed by atoms with van der Waals surface area (Å²) >= 11 is 0. The van der Waals surface area contributed by atoms with E-state index < -0.39 is 0 Å². The molecule has 0 aliphatic heterocycles. The zero-order valence-electron chi connectivity index (χ0n) is 8.56. The van der Waals surface area contributed by atoms with Gasteiger partial charge in [-0.3, -0.25) is 0 Å². The van der Waals surface area contributed by atoms with Gasteiger partial charge in [-0.25, -0.2) is 4.79 Å². The summed E-state index contributed by atoms with van der Waals surface area (Å²) in [6.07, 6.45) is 2.26. The molecule has 16 heavy (non-hydrogen) atoms. The van der Waals surface area contributed by atoms with Crippen molar-refractivity contribution in [1.29, 1.82) is 0 Å². The first-order valence-electron chi connectivity index (χ1n) is 5.15. The number of rotatable bonds is 0. The highest BCUT2D eigenvalue weighted by Gasteiger charge is 2.21. The van der Waals surface area contributed by atoms with E-state index in [1.54, 1.807) is 0 Å². The van der Waals surface area contributed by atoms with Crippen molar-refractivity contribution in [3.63, 3.8) is 0 Å². The van der Waals surface area contributed by atoms with E-state index in [9.17, 15) is 9.90 Å². The van der Waals surface area contributed by atoms with Crippen LogP contribution in [0.15, 0.2) is 39.7 Å². The molecule has 0 bridgehead atoms. The second-order valence-electron chi connectivity index (χ2n) is 3.99. The molecule has 0 atom stereocenters. The van der Waals surface area contributed by atoms with Crippen molar-refractivity contribution in [2.45, 2.75) is 12.8 Å². The Morgan fingerprint density at radius 2 is 1.69 bits per heavy atom. The van der Waals surface area contributed by atoms with E-state index in [0.717, 1.165) is 17.4 Å². The van der Waals surface area contributed by atoms with Crippen molar-refractivity contribution in [2.24, 2.45) is 0 Å². The molecule has 1 N–H and O–H groups in total. The standard InChI is InChI=1S/C13H10O3/c14-12-7-16-13(15)11-6-9-4-2-1-3-8(9)5-10(11)12/h1-4,7,14H,5-6H2. The van der Waals surface area contributed by atoms with Crippen molar-refractivity contribution < 1.29 is 9.52 Å². The van der Waals surface area contributed by atoms with Gasteiger partial charge in [-0.1, -0.05) is 24.3 Å². The van der Waals surface area contributed by atoms with Crippen LogP contribution in [0, 0.1) is 0 Å². The summed E-state index contributed by atoms with van der Waals surface area (Å²) in [7, 11) is 0.